The normalized spacial score (nSPS) is 10.6. The van der Waals surface area contributed by atoms with Crippen LogP contribution >= 0.6 is 11.8 Å². The fraction of sp³-hybridized carbons (Fsp3) is 0.700. The van der Waals surface area contributed by atoms with Gasteiger partial charge in [-0.1, -0.05) is 11.8 Å². The Kier molecular flexibility index (Phi) is 5.43. The molecule has 0 aliphatic rings. The maximum Gasteiger partial charge on any atom is 0.222 e. The molecule has 0 unspecified atom stereocenters. The zero-order valence-corrected chi connectivity index (χ0v) is 11.3. The second-order valence-electron chi connectivity index (χ2n) is 3.90. The molecule has 0 saturated heterocycles. The summed E-state index contributed by atoms with van der Waals surface area (Å²) in [4.78, 5) is 12.9. The molecule has 0 atom stereocenters. The van der Waals surface area contributed by atoms with Gasteiger partial charge in [0.1, 0.15) is 5.82 Å². The summed E-state index contributed by atoms with van der Waals surface area (Å²) in [6.45, 7) is 0.392. The van der Waals surface area contributed by atoms with Crippen molar-refractivity contribution < 1.29 is 4.79 Å². The van der Waals surface area contributed by atoms with E-state index in [1.165, 1.54) is 0 Å². The maximum atomic E-state index is 11.3. The van der Waals surface area contributed by atoms with Crippen molar-refractivity contribution in [3.05, 3.63) is 5.82 Å². The second kappa shape index (κ2) is 6.61. The molecule has 2 N–H and O–H groups in total. The molecule has 0 aliphatic heterocycles. The summed E-state index contributed by atoms with van der Waals surface area (Å²) in [5.74, 6) is 1.79. The van der Waals surface area contributed by atoms with Gasteiger partial charge in [0.2, 0.25) is 5.91 Å². The molecule has 6 nitrogen and oxygen atoms in total. The molecular formula is C10H19N5OS. The molecule has 1 aromatic rings. The third kappa shape index (κ3) is 4.01. The lowest BCUT2D eigenvalue weighted by atomic mass is 10.3. The highest BCUT2D eigenvalue weighted by atomic mass is 32.2. The molecule has 0 fully saturated rings. The zero-order valence-electron chi connectivity index (χ0n) is 10.5. The first-order valence-corrected chi connectivity index (χ1v) is 6.46. The fourth-order valence-electron chi connectivity index (χ4n) is 1.26. The van der Waals surface area contributed by atoms with Gasteiger partial charge in [0.05, 0.1) is 6.54 Å². The smallest absolute Gasteiger partial charge is 0.222 e. The van der Waals surface area contributed by atoms with Crippen LogP contribution in [0.1, 0.15) is 18.7 Å². The molecule has 0 saturated carbocycles. The second-order valence-corrected chi connectivity index (χ2v) is 4.96. The van der Waals surface area contributed by atoms with E-state index in [0.717, 1.165) is 23.2 Å². The van der Waals surface area contributed by atoms with E-state index in [9.17, 15) is 4.79 Å². The van der Waals surface area contributed by atoms with Crippen LogP contribution in [0.5, 0.6) is 0 Å². The Morgan fingerprint density at radius 2 is 2.18 bits per heavy atom. The molecule has 1 rings (SSSR count). The first-order chi connectivity index (χ1) is 8.06. The highest BCUT2D eigenvalue weighted by Gasteiger charge is 2.08. The van der Waals surface area contributed by atoms with Crippen molar-refractivity contribution in [3.8, 4) is 0 Å². The lowest BCUT2D eigenvalue weighted by Crippen LogP contribution is -2.21. The van der Waals surface area contributed by atoms with Crippen molar-refractivity contribution >= 4 is 17.7 Å². The number of rotatable bonds is 6. The molecule has 1 amide bonds. The summed E-state index contributed by atoms with van der Waals surface area (Å²) in [6, 6.07) is 0. The minimum atomic E-state index is 0.159. The van der Waals surface area contributed by atoms with Crippen LogP contribution in [0.15, 0.2) is 5.16 Å². The largest absolute Gasteiger partial charge is 0.349 e. The van der Waals surface area contributed by atoms with Gasteiger partial charge < -0.3 is 15.2 Å². The van der Waals surface area contributed by atoms with Gasteiger partial charge in [-0.15, -0.1) is 10.2 Å². The number of amides is 1. The zero-order chi connectivity index (χ0) is 12.8. The van der Waals surface area contributed by atoms with Crippen LogP contribution < -0.4 is 5.73 Å². The van der Waals surface area contributed by atoms with E-state index in [1.807, 2.05) is 11.6 Å². The number of hydrogen-bond acceptors (Lipinski definition) is 5. The van der Waals surface area contributed by atoms with E-state index in [0.29, 0.717) is 13.0 Å². The van der Waals surface area contributed by atoms with Crippen molar-refractivity contribution in [1.82, 2.24) is 19.7 Å². The highest BCUT2D eigenvalue weighted by Crippen LogP contribution is 2.17. The summed E-state index contributed by atoms with van der Waals surface area (Å²) in [5, 5.41) is 8.86. The maximum absolute atomic E-state index is 11.3. The Balaban J connectivity index is 2.31. The van der Waals surface area contributed by atoms with Gasteiger partial charge in [0, 0.05) is 33.3 Å². The molecule has 0 bridgehead atoms. The predicted molar refractivity (Wildman–Crippen MR) is 67.5 cm³/mol. The van der Waals surface area contributed by atoms with Crippen molar-refractivity contribution in [3.63, 3.8) is 0 Å². The topological polar surface area (TPSA) is 77.0 Å². The molecule has 0 aliphatic carbocycles. The third-order valence-corrected chi connectivity index (χ3v) is 3.48. The number of thioether (sulfide) groups is 1. The summed E-state index contributed by atoms with van der Waals surface area (Å²) < 4.78 is 1.89. The van der Waals surface area contributed by atoms with Gasteiger partial charge in [-0.25, -0.2) is 0 Å². The SMILES string of the molecule is CN(C)C(=O)CCCSc1nnc(CN)n1C. The van der Waals surface area contributed by atoms with Crippen molar-refractivity contribution in [2.24, 2.45) is 12.8 Å². The average Bonchev–Trinajstić information content (AvgIpc) is 2.65. The molecule has 96 valence electrons. The summed E-state index contributed by atoms with van der Waals surface area (Å²) in [5.41, 5.74) is 5.51. The Labute approximate surface area is 106 Å². The summed E-state index contributed by atoms with van der Waals surface area (Å²) >= 11 is 1.60. The van der Waals surface area contributed by atoms with Crippen LogP contribution in [-0.2, 0) is 18.4 Å². The minimum absolute atomic E-state index is 0.159. The van der Waals surface area contributed by atoms with Crippen LogP contribution in [0.4, 0.5) is 0 Å². The lowest BCUT2D eigenvalue weighted by Gasteiger charge is -2.09. The molecule has 1 heterocycles. The van der Waals surface area contributed by atoms with Gasteiger partial charge in [-0.3, -0.25) is 4.79 Å². The third-order valence-electron chi connectivity index (χ3n) is 2.37. The molecule has 0 spiro atoms. The van der Waals surface area contributed by atoms with Gasteiger partial charge in [0.15, 0.2) is 5.16 Å². The minimum Gasteiger partial charge on any atom is -0.349 e. The number of nitrogens with zero attached hydrogens (tertiary/aromatic N) is 4. The number of carbonyl (C=O) groups excluding carboxylic acids is 1. The lowest BCUT2D eigenvalue weighted by molar-refractivity contribution is -0.128. The number of carbonyl (C=O) groups is 1. The van der Waals surface area contributed by atoms with Gasteiger partial charge in [0.25, 0.3) is 0 Å². The van der Waals surface area contributed by atoms with Crippen molar-refractivity contribution in [2.75, 3.05) is 19.8 Å². The molecule has 0 radical (unpaired) electrons. The van der Waals surface area contributed by atoms with Crippen LogP contribution in [0.3, 0.4) is 0 Å². The van der Waals surface area contributed by atoms with Crippen molar-refractivity contribution in [2.45, 2.75) is 24.5 Å². The van der Waals surface area contributed by atoms with Crippen molar-refractivity contribution in [1.29, 1.82) is 0 Å². The Bertz CT molecular complexity index is 377. The Morgan fingerprint density at radius 3 is 2.71 bits per heavy atom. The quantitative estimate of drug-likeness (QED) is 0.583. The first kappa shape index (κ1) is 14.0. The first-order valence-electron chi connectivity index (χ1n) is 5.47. The highest BCUT2D eigenvalue weighted by molar-refractivity contribution is 7.99. The summed E-state index contributed by atoms with van der Waals surface area (Å²) in [7, 11) is 5.44. The fourth-order valence-corrected chi connectivity index (χ4v) is 2.13. The Hall–Kier alpha value is -1.08. The van der Waals surface area contributed by atoms with E-state index in [-0.39, 0.29) is 5.91 Å². The van der Waals surface area contributed by atoms with Gasteiger partial charge in [-0.05, 0) is 6.42 Å². The molecule has 17 heavy (non-hydrogen) atoms. The monoisotopic (exact) mass is 257 g/mol. The standard InChI is InChI=1S/C10H19N5OS/c1-14(2)9(16)5-4-6-17-10-13-12-8(7-11)15(10)3/h4-7,11H2,1-3H3. The van der Waals surface area contributed by atoms with E-state index < -0.39 is 0 Å². The van der Waals surface area contributed by atoms with Crippen LogP contribution in [0, 0.1) is 0 Å². The summed E-state index contributed by atoms with van der Waals surface area (Å²) in [6.07, 6.45) is 1.41. The number of nitrogens with two attached hydrogens (primary N) is 1. The van der Waals surface area contributed by atoms with E-state index in [2.05, 4.69) is 10.2 Å². The predicted octanol–water partition coefficient (Wildman–Crippen LogP) is 0.234. The van der Waals surface area contributed by atoms with Crippen LogP contribution in [0.25, 0.3) is 0 Å². The average molecular weight is 257 g/mol. The number of hydrogen-bond donors (Lipinski definition) is 1. The Morgan fingerprint density at radius 1 is 1.47 bits per heavy atom. The van der Waals surface area contributed by atoms with E-state index >= 15 is 0 Å². The van der Waals surface area contributed by atoms with Crippen LogP contribution in [-0.4, -0.2) is 45.4 Å². The van der Waals surface area contributed by atoms with Gasteiger partial charge >= 0.3 is 0 Å². The van der Waals surface area contributed by atoms with E-state index in [1.54, 1.807) is 30.8 Å². The molecule has 7 heteroatoms. The molecular weight excluding hydrogens is 238 g/mol. The molecule has 0 aromatic carbocycles. The molecule has 1 aromatic heterocycles. The van der Waals surface area contributed by atoms with Crippen LogP contribution in [0.2, 0.25) is 0 Å². The van der Waals surface area contributed by atoms with Gasteiger partial charge in [-0.2, -0.15) is 0 Å². The number of aromatic nitrogens is 3. The van der Waals surface area contributed by atoms with E-state index in [4.69, 9.17) is 5.73 Å².